The Morgan fingerprint density at radius 1 is 1.56 bits per heavy atom. The number of nitrogens with two attached hydrogens (primary N) is 1. The van der Waals surface area contributed by atoms with Crippen LogP contribution in [0.2, 0.25) is 0 Å². The molecule has 1 aromatic heterocycles. The molecule has 0 atom stereocenters. The quantitative estimate of drug-likeness (QED) is 0.582. The van der Waals surface area contributed by atoms with Crippen LogP contribution in [0.1, 0.15) is 19.3 Å². The first-order chi connectivity index (χ1) is 8.59. The van der Waals surface area contributed by atoms with Gasteiger partial charge in [0.05, 0.1) is 6.20 Å². The van der Waals surface area contributed by atoms with Crippen LogP contribution < -0.4 is 10.5 Å². The topological polar surface area (TPSA) is 110 Å². The monoisotopic (exact) mass is 274 g/mol. The number of nitrogens with zero attached hydrogens (tertiary/aromatic N) is 1. The van der Waals surface area contributed by atoms with Crippen molar-refractivity contribution in [3.8, 4) is 0 Å². The number of hydrogen-bond acceptors (Lipinski definition) is 5. The first-order valence-corrected chi connectivity index (χ1v) is 7.44. The Morgan fingerprint density at radius 3 is 2.94 bits per heavy atom. The Balaban J connectivity index is 1.67. The molecular weight excluding hydrogens is 256 g/mol. The van der Waals surface area contributed by atoms with E-state index in [0.29, 0.717) is 19.6 Å². The minimum atomic E-state index is -3.56. The average molecular weight is 274 g/mol. The highest BCUT2D eigenvalue weighted by Crippen LogP contribution is 2.28. The van der Waals surface area contributed by atoms with Gasteiger partial charge < -0.3 is 10.5 Å². The maximum absolute atomic E-state index is 11.8. The van der Waals surface area contributed by atoms with E-state index in [2.05, 4.69) is 14.9 Å². The number of rotatable bonds is 8. The number of hydrogen-bond donors (Lipinski definition) is 3. The Kier molecular flexibility index (Phi) is 4.20. The van der Waals surface area contributed by atoms with E-state index in [-0.39, 0.29) is 10.7 Å². The van der Waals surface area contributed by atoms with Crippen LogP contribution in [0.4, 0.5) is 5.82 Å². The smallest absolute Gasteiger partial charge is 0.245 e. The van der Waals surface area contributed by atoms with E-state index in [0.717, 1.165) is 12.5 Å². The number of ether oxygens (including phenoxy) is 1. The molecule has 18 heavy (non-hydrogen) atoms. The molecule has 1 saturated carbocycles. The SMILES string of the molecule is Nc1[nH]ncc1S(=O)(=O)NCCCOCC1CC1. The number of sulfonamides is 1. The maximum Gasteiger partial charge on any atom is 0.245 e. The van der Waals surface area contributed by atoms with Gasteiger partial charge in [0.2, 0.25) is 10.0 Å². The molecule has 8 heteroatoms. The van der Waals surface area contributed by atoms with Gasteiger partial charge >= 0.3 is 0 Å². The fraction of sp³-hybridized carbons (Fsp3) is 0.700. The van der Waals surface area contributed by atoms with Gasteiger partial charge in [0.25, 0.3) is 0 Å². The summed E-state index contributed by atoms with van der Waals surface area (Å²) in [7, 11) is -3.56. The van der Waals surface area contributed by atoms with Gasteiger partial charge in [0, 0.05) is 19.8 Å². The van der Waals surface area contributed by atoms with Crippen LogP contribution in [-0.2, 0) is 14.8 Å². The van der Waals surface area contributed by atoms with Crippen LogP contribution in [0.25, 0.3) is 0 Å². The molecular formula is C10H18N4O3S. The van der Waals surface area contributed by atoms with E-state index < -0.39 is 10.0 Å². The van der Waals surface area contributed by atoms with Crippen molar-refractivity contribution < 1.29 is 13.2 Å². The highest BCUT2D eigenvalue weighted by molar-refractivity contribution is 7.89. The second-order valence-electron chi connectivity index (χ2n) is 4.42. The number of nitrogens with one attached hydrogen (secondary N) is 2. The normalized spacial score (nSPS) is 16.0. The summed E-state index contributed by atoms with van der Waals surface area (Å²) in [5.74, 6) is 0.778. The van der Waals surface area contributed by atoms with Gasteiger partial charge in [0.15, 0.2) is 0 Å². The predicted molar refractivity (Wildman–Crippen MR) is 66.3 cm³/mol. The van der Waals surface area contributed by atoms with Crippen LogP contribution in [-0.4, -0.2) is 38.4 Å². The van der Waals surface area contributed by atoms with Crippen molar-refractivity contribution in [2.45, 2.75) is 24.2 Å². The second-order valence-corrected chi connectivity index (χ2v) is 6.15. The Morgan fingerprint density at radius 2 is 2.33 bits per heavy atom. The van der Waals surface area contributed by atoms with E-state index >= 15 is 0 Å². The zero-order valence-corrected chi connectivity index (χ0v) is 10.9. The fourth-order valence-electron chi connectivity index (χ4n) is 1.49. The molecule has 0 spiro atoms. The molecule has 0 aromatic carbocycles. The highest BCUT2D eigenvalue weighted by Gasteiger charge is 2.21. The first kappa shape index (κ1) is 13.3. The lowest BCUT2D eigenvalue weighted by Gasteiger charge is -2.06. The molecule has 0 amide bonds. The van der Waals surface area contributed by atoms with E-state index in [9.17, 15) is 8.42 Å². The third kappa shape index (κ3) is 3.69. The Labute approximate surface area is 106 Å². The Hall–Kier alpha value is -1.12. The molecule has 0 saturated heterocycles. The minimum absolute atomic E-state index is 0.0126. The van der Waals surface area contributed by atoms with Gasteiger partial charge in [-0.3, -0.25) is 5.10 Å². The van der Waals surface area contributed by atoms with E-state index in [1.807, 2.05) is 0 Å². The largest absolute Gasteiger partial charge is 0.383 e. The molecule has 0 radical (unpaired) electrons. The molecule has 0 bridgehead atoms. The molecule has 1 aliphatic carbocycles. The van der Waals surface area contributed by atoms with Crippen LogP contribution in [0, 0.1) is 5.92 Å². The summed E-state index contributed by atoms with van der Waals surface area (Å²) < 4.78 is 31.4. The zero-order chi connectivity index (χ0) is 13.0. The zero-order valence-electron chi connectivity index (χ0n) is 10.1. The molecule has 102 valence electrons. The third-order valence-corrected chi connectivity index (χ3v) is 4.22. The van der Waals surface area contributed by atoms with Gasteiger partial charge in [-0.1, -0.05) is 0 Å². The van der Waals surface area contributed by atoms with Crippen molar-refractivity contribution >= 4 is 15.8 Å². The van der Waals surface area contributed by atoms with Crippen molar-refractivity contribution in [1.29, 1.82) is 0 Å². The molecule has 7 nitrogen and oxygen atoms in total. The van der Waals surface area contributed by atoms with Gasteiger partial charge in [0.1, 0.15) is 10.7 Å². The molecule has 1 aliphatic rings. The molecule has 0 aliphatic heterocycles. The van der Waals surface area contributed by atoms with Crippen LogP contribution in [0.3, 0.4) is 0 Å². The average Bonchev–Trinajstić information content (AvgIpc) is 3.03. The fourth-order valence-corrected chi connectivity index (χ4v) is 2.59. The minimum Gasteiger partial charge on any atom is -0.383 e. The van der Waals surface area contributed by atoms with E-state index in [1.54, 1.807) is 0 Å². The summed E-state index contributed by atoms with van der Waals surface area (Å²) in [5, 5.41) is 5.97. The van der Waals surface area contributed by atoms with Gasteiger partial charge in [-0.05, 0) is 25.2 Å². The summed E-state index contributed by atoms with van der Waals surface area (Å²) in [6.07, 6.45) is 4.35. The summed E-state index contributed by atoms with van der Waals surface area (Å²) in [6, 6.07) is 0. The van der Waals surface area contributed by atoms with E-state index in [1.165, 1.54) is 19.0 Å². The molecule has 4 N–H and O–H groups in total. The number of aromatic amines is 1. The van der Waals surface area contributed by atoms with Gasteiger partial charge in [-0.2, -0.15) is 5.10 Å². The second kappa shape index (κ2) is 5.68. The van der Waals surface area contributed by atoms with Crippen molar-refractivity contribution in [3.63, 3.8) is 0 Å². The molecule has 0 unspecified atom stereocenters. The third-order valence-electron chi connectivity index (χ3n) is 2.73. The molecule has 1 aromatic rings. The standard InChI is InChI=1S/C10H18N4O3S/c11-10-9(6-12-14-10)18(15,16)13-4-1-5-17-7-8-2-3-8/h6,8,13H,1-5,7H2,(H3,11,12,14). The predicted octanol–water partition coefficient (Wildman–Crippen LogP) is 0.0869. The molecule has 1 heterocycles. The number of nitrogen functional groups attached to an aromatic ring is 1. The summed E-state index contributed by atoms with van der Waals surface area (Å²) in [4.78, 5) is -0.0126. The van der Waals surface area contributed by atoms with Crippen molar-refractivity contribution in [2.75, 3.05) is 25.5 Å². The van der Waals surface area contributed by atoms with Crippen molar-refractivity contribution in [3.05, 3.63) is 6.20 Å². The number of H-pyrrole nitrogens is 1. The number of anilines is 1. The van der Waals surface area contributed by atoms with Crippen LogP contribution in [0.5, 0.6) is 0 Å². The van der Waals surface area contributed by atoms with Crippen LogP contribution >= 0.6 is 0 Å². The van der Waals surface area contributed by atoms with Crippen molar-refractivity contribution in [2.24, 2.45) is 5.92 Å². The van der Waals surface area contributed by atoms with Crippen LogP contribution in [0.15, 0.2) is 11.1 Å². The highest BCUT2D eigenvalue weighted by atomic mass is 32.2. The summed E-state index contributed by atoms with van der Waals surface area (Å²) in [5.41, 5.74) is 5.46. The van der Waals surface area contributed by atoms with Crippen molar-refractivity contribution in [1.82, 2.24) is 14.9 Å². The Bertz CT molecular complexity index is 481. The molecule has 1 fully saturated rings. The summed E-state index contributed by atoms with van der Waals surface area (Å²) in [6.45, 7) is 1.69. The first-order valence-electron chi connectivity index (χ1n) is 5.96. The maximum atomic E-state index is 11.8. The lowest BCUT2D eigenvalue weighted by atomic mass is 10.4. The lowest BCUT2D eigenvalue weighted by molar-refractivity contribution is 0.123. The summed E-state index contributed by atoms with van der Waals surface area (Å²) >= 11 is 0. The lowest BCUT2D eigenvalue weighted by Crippen LogP contribution is -2.26. The van der Waals surface area contributed by atoms with Gasteiger partial charge in [-0.25, -0.2) is 13.1 Å². The number of aromatic nitrogens is 2. The van der Waals surface area contributed by atoms with Gasteiger partial charge in [-0.15, -0.1) is 0 Å². The van der Waals surface area contributed by atoms with E-state index in [4.69, 9.17) is 10.5 Å². The molecule has 2 rings (SSSR count).